The van der Waals surface area contributed by atoms with Crippen LogP contribution in [0.25, 0.3) is 0 Å². The molecule has 104 valence electrons. The normalized spacial score (nSPS) is 28.8. The first-order valence-electron chi connectivity index (χ1n) is 7.80. The van der Waals surface area contributed by atoms with Gasteiger partial charge >= 0.3 is 0 Å². The maximum Gasteiger partial charge on any atom is 0.0761 e. The summed E-state index contributed by atoms with van der Waals surface area (Å²) in [6, 6.07) is 9.30. The van der Waals surface area contributed by atoms with Crippen LogP contribution in [0.15, 0.2) is 24.3 Å². The SMILES string of the molecule is C[C@H](O)c1ccc(N2CCCC3CCCCC32)cc1. The second-order valence-corrected chi connectivity index (χ2v) is 6.22. The Balaban J connectivity index is 1.79. The molecule has 1 aromatic carbocycles. The van der Waals surface area contributed by atoms with Crippen LogP contribution in [0.5, 0.6) is 0 Å². The lowest BCUT2D eigenvalue weighted by Gasteiger charge is -2.45. The van der Waals surface area contributed by atoms with Gasteiger partial charge in [0.2, 0.25) is 0 Å². The second-order valence-electron chi connectivity index (χ2n) is 6.22. The summed E-state index contributed by atoms with van der Waals surface area (Å²) in [4.78, 5) is 2.62. The molecule has 0 radical (unpaired) electrons. The van der Waals surface area contributed by atoms with Crippen molar-refractivity contribution in [3.05, 3.63) is 29.8 Å². The fraction of sp³-hybridized carbons (Fsp3) is 0.647. The lowest BCUT2D eigenvalue weighted by atomic mass is 9.78. The van der Waals surface area contributed by atoms with Gasteiger partial charge in [0.05, 0.1) is 6.10 Å². The molecular weight excluding hydrogens is 234 g/mol. The second kappa shape index (κ2) is 5.54. The Labute approximate surface area is 116 Å². The summed E-state index contributed by atoms with van der Waals surface area (Å²) in [5, 5.41) is 9.60. The number of nitrogens with zero attached hydrogens (tertiary/aromatic N) is 1. The Morgan fingerprint density at radius 1 is 1.05 bits per heavy atom. The third-order valence-electron chi connectivity index (χ3n) is 4.95. The number of anilines is 1. The summed E-state index contributed by atoms with van der Waals surface area (Å²) in [5.74, 6) is 0.916. The van der Waals surface area contributed by atoms with Crippen molar-refractivity contribution < 1.29 is 5.11 Å². The Hall–Kier alpha value is -1.02. The average Bonchev–Trinajstić information content (AvgIpc) is 2.47. The van der Waals surface area contributed by atoms with Gasteiger partial charge in [0.1, 0.15) is 0 Å². The molecule has 0 aromatic heterocycles. The van der Waals surface area contributed by atoms with Gasteiger partial charge in [-0.1, -0.05) is 25.0 Å². The molecule has 3 rings (SSSR count). The van der Waals surface area contributed by atoms with Crippen molar-refractivity contribution in [2.75, 3.05) is 11.4 Å². The van der Waals surface area contributed by atoms with Crippen LogP contribution in [-0.4, -0.2) is 17.7 Å². The molecule has 19 heavy (non-hydrogen) atoms. The van der Waals surface area contributed by atoms with Crippen molar-refractivity contribution in [1.82, 2.24) is 0 Å². The molecule has 0 spiro atoms. The molecule has 2 unspecified atom stereocenters. The molecule has 2 aliphatic rings. The van der Waals surface area contributed by atoms with Gasteiger partial charge in [-0.25, -0.2) is 0 Å². The van der Waals surface area contributed by atoms with E-state index in [1.165, 1.54) is 50.8 Å². The minimum atomic E-state index is -0.363. The molecule has 2 fully saturated rings. The maximum atomic E-state index is 9.60. The molecule has 2 heteroatoms. The highest BCUT2D eigenvalue weighted by molar-refractivity contribution is 5.49. The van der Waals surface area contributed by atoms with E-state index in [0.29, 0.717) is 0 Å². The summed E-state index contributed by atoms with van der Waals surface area (Å²) >= 11 is 0. The van der Waals surface area contributed by atoms with Gasteiger partial charge in [-0.2, -0.15) is 0 Å². The Morgan fingerprint density at radius 2 is 1.74 bits per heavy atom. The number of aliphatic hydroxyl groups excluding tert-OH is 1. The fourth-order valence-electron chi connectivity index (χ4n) is 3.89. The highest BCUT2D eigenvalue weighted by Gasteiger charge is 2.33. The van der Waals surface area contributed by atoms with E-state index in [0.717, 1.165) is 17.5 Å². The number of aliphatic hydroxyl groups is 1. The molecule has 3 atom stereocenters. The van der Waals surface area contributed by atoms with Crippen LogP contribution in [0, 0.1) is 5.92 Å². The smallest absolute Gasteiger partial charge is 0.0761 e. The van der Waals surface area contributed by atoms with Gasteiger partial charge in [-0.3, -0.25) is 0 Å². The summed E-state index contributed by atoms with van der Waals surface area (Å²) in [5.41, 5.74) is 2.36. The average molecular weight is 259 g/mol. The summed E-state index contributed by atoms with van der Waals surface area (Å²) < 4.78 is 0. The maximum absolute atomic E-state index is 9.60. The molecule has 1 aliphatic carbocycles. The van der Waals surface area contributed by atoms with Gasteiger partial charge in [0, 0.05) is 18.3 Å². The first-order valence-corrected chi connectivity index (χ1v) is 7.80. The quantitative estimate of drug-likeness (QED) is 0.870. The van der Waals surface area contributed by atoms with Crippen molar-refractivity contribution in [2.24, 2.45) is 5.92 Å². The van der Waals surface area contributed by atoms with E-state index in [1.807, 2.05) is 6.92 Å². The van der Waals surface area contributed by atoms with Crippen molar-refractivity contribution in [3.8, 4) is 0 Å². The molecule has 1 saturated heterocycles. The number of rotatable bonds is 2. The van der Waals surface area contributed by atoms with Crippen LogP contribution >= 0.6 is 0 Å². The molecule has 2 nitrogen and oxygen atoms in total. The summed E-state index contributed by atoms with van der Waals surface area (Å²) in [6.45, 7) is 3.03. The Bertz CT molecular complexity index is 410. The minimum absolute atomic E-state index is 0.363. The van der Waals surface area contributed by atoms with E-state index in [4.69, 9.17) is 0 Å². The lowest BCUT2D eigenvalue weighted by Crippen LogP contribution is -2.46. The fourth-order valence-corrected chi connectivity index (χ4v) is 3.89. The van der Waals surface area contributed by atoms with E-state index in [2.05, 4.69) is 29.2 Å². The molecule has 1 saturated carbocycles. The third kappa shape index (κ3) is 2.64. The van der Waals surface area contributed by atoms with Gasteiger partial charge in [-0.05, 0) is 56.2 Å². The van der Waals surface area contributed by atoms with E-state index >= 15 is 0 Å². The molecule has 0 bridgehead atoms. The van der Waals surface area contributed by atoms with E-state index in [-0.39, 0.29) is 6.10 Å². The zero-order valence-electron chi connectivity index (χ0n) is 11.9. The monoisotopic (exact) mass is 259 g/mol. The third-order valence-corrected chi connectivity index (χ3v) is 4.95. The number of benzene rings is 1. The predicted molar refractivity (Wildman–Crippen MR) is 79.4 cm³/mol. The van der Waals surface area contributed by atoms with Gasteiger partial charge in [-0.15, -0.1) is 0 Å². The molecule has 1 aliphatic heterocycles. The molecular formula is C17H25NO. The standard InChI is InChI=1S/C17H25NO/c1-13(19)14-8-10-16(11-9-14)18-12-4-6-15-5-2-3-7-17(15)18/h8-11,13,15,17,19H,2-7,12H2,1H3/t13-,15?,17?/m0/s1. The summed E-state index contributed by atoms with van der Waals surface area (Å²) in [6.07, 6.45) is 8.00. The topological polar surface area (TPSA) is 23.5 Å². The first-order chi connectivity index (χ1) is 9.25. The van der Waals surface area contributed by atoms with Crippen LogP contribution in [0.2, 0.25) is 0 Å². The first kappa shape index (κ1) is 13.0. The number of fused-ring (bicyclic) bond motifs is 1. The van der Waals surface area contributed by atoms with Crippen LogP contribution < -0.4 is 4.90 Å². The lowest BCUT2D eigenvalue weighted by molar-refractivity contribution is 0.199. The minimum Gasteiger partial charge on any atom is -0.389 e. The van der Waals surface area contributed by atoms with Crippen LogP contribution in [0.1, 0.15) is 57.1 Å². The van der Waals surface area contributed by atoms with Gasteiger partial charge in [0.15, 0.2) is 0 Å². The van der Waals surface area contributed by atoms with Crippen molar-refractivity contribution >= 4 is 5.69 Å². The van der Waals surface area contributed by atoms with Crippen LogP contribution in [-0.2, 0) is 0 Å². The van der Waals surface area contributed by atoms with E-state index in [1.54, 1.807) is 0 Å². The van der Waals surface area contributed by atoms with E-state index in [9.17, 15) is 5.11 Å². The Morgan fingerprint density at radius 3 is 2.47 bits per heavy atom. The van der Waals surface area contributed by atoms with Crippen molar-refractivity contribution in [1.29, 1.82) is 0 Å². The Kier molecular flexibility index (Phi) is 3.79. The number of hydrogen-bond donors (Lipinski definition) is 1. The number of piperidine rings is 1. The van der Waals surface area contributed by atoms with Crippen molar-refractivity contribution in [2.45, 2.75) is 57.6 Å². The molecule has 1 N–H and O–H groups in total. The van der Waals surface area contributed by atoms with Crippen LogP contribution in [0.4, 0.5) is 5.69 Å². The van der Waals surface area contributed by atoms with E-state index < -0.39 is 0 Å². The highest BCUT2D eigenvalue weighted by Crippen LogP contribution is 2.37. The molecule has 0 amide bonds. The molecule has 1 aromatic rings. The zero-order valence-corrected chi connectivity index (χ0v) is 11.9. The predicted octanol–water partition coefficient (Wildman–Crippen LogP) is 3.90. The van der Waals surface area contributed by atoms with Gasteiger partial charge < -0.3 is 10.0 Å². The van der Waals surface area contributed by atoms with Gasteiger partial charge in [0.25, 0.3) is 0 Å². The number of hydrogen-bond acceptors (Lipinski definition) is 2. The molecule has 1 heterocycles. The summed E-state index contributed by atoms with van der Waals surface area (Å²) in [7, 11) is 0. The van der Waals surface area contributed by atoms with Crippen LogP contribution in [0.3, 0.4) is 0 Å². The van der Waals surface area contributed by atoms with Crippen molar-refractivity contribution in [3.63, 3.8) is 0 Å². The largest absolute Gasteiger partial charge is 0.389 e. The highest BCUT2D eigenvalue weighted by atomic mass is 16.3. The zero-order chi connectivity index (χ0) is 13.2.